The van der Waals surface area contributed by atoms with Gasteiger partial charge in [-0.2, -0.15) is 5.10 Å². The second kappa shape index (κ2) is 6.78. The summed E-state index contributed by atoms with van der Waals surface area (Å²) in [6.07, 6.45) is 5.20. The molecule has 0 saturated heterocycles. The van der Waals surface area contributed by atoms with E-state index in [2.05, 4.69) is 26.3 Å². The lowest BCUT2D eigenvalue weighted by atomic mass is 10.2. The molecule has 1 rings (SSSR count). The van der Waals surface area contributed by atoms with Crippen LogP contribution in [0.5, 0.6) is 0 Å². The van der Waals surface area contributed by atoms with Gasteiger partial charge in [0, 0.05) is 19.3 Å². The molecule has 1 heterocycles. The maximum absolute atomic E-state index is 11.3. The highest BCUT2D eigenvalue weighted by Gasteiger charge is 2.15. The van der Waals surface area contributed by atoms with Crippen LogP contribution in [0.1, 0.15) is 33.6 Å². The molecule has 0 aromatic carbocycles. The fourth-order valence-corrected chi connectivity index (χ4v) is 1.69. The van der Waals surface area contributed by atoms with E-state index < -0.39 is 5.60 Å². The van der Waals surface area contributed by atoms with Crippen molar-refractivity contribution in [3.8, 4) is 0 Å². The van der Waals surface area contributed by atoms with Gasteiger partial charge in [-0.15, -0.1) is 0 Å². The van der Waals surface area contributed by atoms with Crippen LogP contribution in [0.4, 0.5) is 4.79 Å². The fraction of sp³-hybridized carbons (Fsp3) is 0.667. The molecule has 1 N–H and O–H groups in total. The molecule has 5 nitrogen and oxygen atoms in total. The van der Waals surface area contributed by atoms with Crippen LogP contribution in [0.25, 0.3) is 0 Å². The third-order valence-corrected chi connectivity index (χ3v) is 2.49. The average molecular weight is 318 g/mol. The van der Waals surface area contributed by atoms with Crippen molar-refractivity contribution in [1.82, 2.24) is 15.1 Å². The standard InChI is InChI=1S/C12H20BrN3O2/c1-12(2,3)18-11(17)14-6-4-5-7-16-9-10(13)8-15-16/h8-9H,4-7H2,1-3H3,(H,14,17). The highest BCUT2D eigenvalue weighted by atomic mass is 79.9. The van der Waals surface area contributed by atoms with Gasteiger partial charge in [0.25, 0.3) is 0 Å². The molecule has 0 unspecified atom stereocenters. The highest BCUT2D eigenvalue weighted by Crippen LogP contribution is 2.07. The summed E-state index contributed by atoms with van der Waals surface area (Å²) in [4.78, 5) is 11.3. The number of carbonyl (C=O) groups is 1. The van der Waals surface area contributed by atoms with E-state index in [0.717, 1.165) is 23.9 Å². The number of nitrogens with zero attached hydrogens (tertiary/aromatic N) is 2. The van der Waals surface area contributed by atoms with Gasteiger partial charge >= 0.3 is 6.09 Å². The Morgan fingerprint density at radius 3 is 2.78 bits per heavy atom. The topological polar surface area (TPSA) is 56.1 Å². The van der Waals surface area contributed by atoms with Crippen molar-refractivity contribution in [2.24, 2.45) is 0 Å². The van der Waals surface area contributed by atoms with Crippen LogP contribution in [-0.2, 0) is 11.3 Å². The van der Waals surface area contributed by atoms with Crippen LogP contribution in [0.15, 0.2) is 16.9 Å². The lowest BCUT2D eigenvalue weighted by Crippen LogP contribution is -2.33. The number of aromatic nitrogens is 2. The monoisotopic (exact) mass is 317 g/mol. The van der Waals surface area contributed by atoms with E-state index in [1.165, 1.54) is 0 Å². The molecule has 0 saturated carbocycles. The van der Waals surface area contributed by atoms with Crippen molar-refractivity contribution in [2.75, 3.05) is 6.54 Å². The number of hydrogen-bond donors (Lipinski definition) is 1. The minimum atomic E-state index is -0.439. The number of amides is 1. The first kappa shape index (κ1) is 15.0. The van der Waals surface area contributed by atoms with E-state index in [4.69, 9.17) is 4.74 Å². The first-order valence-corrected chi connectivity index (χ1v) is 6.81. The molecule has 0 fully saturated rings. The smallest absolute Gasteiger partial charge is 0.407 e. The van der Waals surface area contributed by atoms with E-state index in [1.54, 1.807) is 6.20 Å². The molecule has 18 heavy (non-hydrogen) atoms. The van der Waals surface area contributed by atoms with Gasteiger partial charge in [0.2, 0.25) is 0 Å². The van der Waals surface area contributed by atoms with E-state index in [1.807, 2.05) is 31.6 Å². The molecule has 1 aromatic heterocycles. The van der Waals surface area contributed by atoms with Crippen molar-refractivity contribution in [1.29, 1.82) is 0 Å². The molecule has 1 aromatic rings. The zero-order valence-electron chi connectivity index (χ0n) is 11.1. The van der Waals surface area contributed by atoms with Gasteiger partial charge in [-0.3, -0.25) is 4.68 Å². The predicted octanol–water partition coefficient (Wildman–Crippen LogP) is 2.95. The number of halogens is 1. The largest absolute Gasteiger partial charge is 0.444 e. The Balaban J connectivity index is 2.07. The highest BCUT2D eigenvalue weighted by molar-refractivity contribution is 9.10. The van der Waals surface area contributed by atoms with Crippen LogP contribution in [-0.4, -0.2) is 28.0 Å². The van der Waals surface area contributed by atoms with Crippen LogP contribution in [0, 0.1) is 0 Å². The van der Waals surface area contributed by atoms with Crippen LogP contribution >= 0.6 is 15.9 Å². The first-order valence-electron chi connectivity index (χ1n) is 6.01. The Hall–Kier alpha value is -1.04. The Bertz CT molecular complexity index is 385. The third-order valence-electron chi connectivity index (χ3n) is 2.08. The summed E-state index contributed by atoms with van der Waals surface area (Å²) in [6, 6.07) is 0. The zero-order valence-corrected chi connectivity index (χ0v) is 12.7. The molecule has 0 bridgehead atoms. The molecule has 0 aliphatic heterocycles. The van der Waals surface area contributed by atoms with Crippen molar-refractivity contribution in [2.45, 2.75) is 45.8 Å². The number of rotatable bonds is 5. The summed E-state index contributed by atoms with van der Waals surface area (Å²) < 4.78 is 7.99. The number of hydrogen-bond acceptors (Lipinski definition) is 3. The van der Waals surface area contributed by atoms with Crippen molar-refractivity contribution in [3.63, 3.8) is 0 Å². The number of ether oxygens (including phenoxy) is 1. The number of nitrogens with one attached hydrogen (secondary N) is 1. The third kappa shape index (κ3) is 6.64. The lowest BCUT2D eigenvalue weighted by molar-refractivity contribution is 0.0527. The van der Waals surface area contributed by atoms with Crippen molar-refractivity contribution in [3.05, 3.63) is 16.9 Å². The summed E-state index contributed by atoms with van der Waals surface area (Å²) >= 11 is 3.34. The maximum atomic E-state index is 11.3. The second-order valence-electron chi connectivity index (χ2n) is 5.06. The van der Waals surface area contributed by atoms with E-state index in [0.29, 0.717) is 6.54 Å². The fourth-order valence-electron chi connectivity index (χ4n) is 1.36. The van der Waals surface area contributed by atoms with E-state index in [-0.39, 0.29) is 6.09 Å². The van der Waals surface area contributed by atoms with Gasteiger partial charge in [0.15, 0.2) is 0 Å². The Morgan fingerprint density at radius 2 is 2.22 bits per heavy atom. The number of aryl methyl sites for hydroxylation is 1. The summed E-state index contributed by atoms with van der Waals surface area (Å²) in [5.74, 6) is 0. The molecule has 1 amide bonds. The summed E-state index contributed by atoms with van der Waals surface area (Å²) in [5.41, 5.74) is -0.439. The molecular formula is C12H20BrN3O2. The Kier molecular flexibility index (Phi) is 5.65. The van der Waals surface area contributed by atoms with Crippen LogP contribution in [0.2, 0.25) is 0 Å². The van der Waals surface area contributed by atoms with Gasteiger partial charge in [-0.25, -0.2) is 4.79 Å². The van der Waals surface area contributed by atoms with Gasteiger partial charge < -0.3 is 10.1 Å². The molecule has 0 radical (unpaired) electrons. The average Bonchev–Trinajstić information content (AvgIpc) is 2.61. The predicted molar refractivity (Wildman–Crippen MR) is 73.4 cm³/mol. The van der Waals surface area contributed by atoms with Crippen LogP contribution in [0.3, 0.4) is 0 Å². The SMILES string of the molecule is CC(C)(C)OC(=O)NCCCCn1cc(Br)cn1. The molecule has 0 atom stereocenters. The quantitative estimate of drug-likeness (QED) is 0.849. The Morgan fingerprint density at radius 1 is 1.50 bits per heavy atom. The van der Waals surface area contributed by atoms with Crippen molar-refractivity contribution >= 4 is 22.0 Å². The molecule has 0 aliphatic carbocycles. The molecular weight excluding hydrogens is 298 g/mol. The molecule has 102 valence electrons. The molecule has 6 heteroatoms. The first-order chi connectivity index (χ1) is 8.37. The van der Waals surface area contributed by atoms with Gasteiger partial charge in [0.1, 0.15) is 5.60 Å². The van der Waals surface area contributed by atoms with Gasteiger partial charge in [0.05, 0.1) is 10.7 Å². The Labute approximate surface area is 116 Å². The maximum Gasteiger partial charge on any atom is 0.407 e. The molecule has 0 spiro atoms. The number of alkyl carbamates (subject to hydrolysis) is 1. The summed E-state index contributed by atoms with van der Waals surface area (Å²) in [6.45, 7) is 7.02. The summed E-state index contributed by atoms with van der Waals surface area (Å²) in [5, 5.41) is 6.89. The number of unbranched alkanes of at least 4 members (excludes halogenated alkanes) is 1. The van der Waals surface area contributed by atoms with Crippen LogP contribution < -0.4 is 5.32 Å². The normalized spacial score (nSPS) is 11.3. The van der Waals surface area contributed by atoms with Gasteiger partial charge in [-0.05, 0) is 49.5 Å². The van der Waals surface area contributed by atoms with E-state index >= 15 is 0 Å². The second-order valence-corrected chi connectivity index (χ2v) is 5.97. The summed E-state index contributed by atoms with van der Waals surface area (Å²) in [7, 11) is 0. The van der Waals surface area contributed by atoms with Gasteiger partial charge in [-0.1, -0.05) is 0 Å². The van der Waals surface area contributed by atoms with E-state index in [9.17, 15) is 4.79 Å². The lowest BCUT2D eigenvalue weighted by Gasteiger charge is -2.19. The minimum absolute atomic E-state index is 0.357. The molecule has 0 aliphatic rings. The number of carbonyl (C=O) groups excluding carboxylic acids is 1. The zero-order chi connectivity index (χ0) is 13.6. The minimum Gasteiger partial charge on any atom is -0.444 e. The van der Waals surface area contributed by atoms with Crippen molar-refractivity contribution < 1.29 is 9.53 Å².